The molecule has 2 heterocycles. The van der Waals surface area contributed by atoms with Crippen LogP contribution in [-0.2, 0) is 4.79 Å². The first-order valence-corrected chi connectivity index (χ1v) is 7.97. The van der Waals surface area contributed by atoms with Gasteiger partial charge in [-0.2, -0.15) is 9.90 Å². The third-order valence-electron chi connectivity index (χ3n) is 4.43. The van der Waals surface area contributed by atoms with Gasteiger partial charge in [-0.25, -0.2) is 0 Å². The van der Waals surface area contributed by atoms with Gasteiger partial charge in [-0.15, -0.1) is 5.10 Å². The summed E-state index contributed by atoms with van der Waals surface area (Å²) in [6, 6.07) is 5.98. The summed E-state index contributed by atoms with van der Waals surface area (Å²) in [7, 11) is 0. The second kappa shape index (κ2) is 6.07. The summed E-state index contributed by atoms with van der Waals surface area (Å²) < 4.78 is 0. The van der Waals surface area contributed by atoms with Crippen LogP contribution < -0.4 is 5.73 Å². The molecule has 126 valence electrons. The van der Waals surface area contributed by atoms with E-state index < -0.39 is 0 Å². The van der Waals surface area contributed by atoms with Crippen molar-refractivity contribution in [3.05, 3.63) is 40.7 Å². The first-order valence-electron chi connectivity index (χ1n) is 7.97. The molecule has 1 saturated heterocycles. The Morgan fingerprint density at radius 2 is 1.96 bits per heavy atom. The molecule has 1 atom stereocenters. The van der Waals surface area contributed by atoms with Gasteiger partial charge >= 0.3 is 0 Å². The molecule has 0 saturated carbocycles. The standard InChI is InChI=1S/C17H21N5O2/c1-10-4-5-14(11(2)8-10)22-19-12(3)15(20-22)17(24)21-7-6-13(9-21)16(18)23/h4-5,8,13H,6-7,9H2,1-3H3,(H2,18,23)/t13-/m0/s1. The van der Waals surface area contributed by atoms with E-state index in [0.717, 1.165) is 16.8 Å². The smallest absolute Gasteiger partial charge is 0.276 e. The number of carbonyl (C=O) groups is 2. The van der Waals surface area contributed by atoms with E-state index in [0.29, 0.717) is 30.9 Å². The second-order valence-electron chi connectivity index (χ2n) is 6.35. The lowest BCUT2D eigenvalue weighted by atomic mass is 10.1. The summed E-state index contributed by atoms with van der Waals surface area (Å²) in [6.07, 6.45) is 0.603. The van der Waals surface area contributed by atoms with E-state index in [-0.39, 0.29) is 17.7 Å². The summed E-state index contributed by atoms with van der Waals surface area (Å²) in [5, 5.41) is 8.77. The van der Waals surface area contributed by atoms with Crippen LogP contribution >= 0.6 is 0 Å². The Hall–Kier alpha value is -2.70. The fourth-order valence-corrected chi connectivity index (χ4v) is 3.04. The predicted molar refractivity (Wildman–Crippen MR) is 88.8 cm³/mol. The van der Waals surface area contributed by atoms with Gasteiger partial charge in [-0.1, -0.05) is 17.7 Å². The van der Waals surface area contributed by atoms with Crippen LogP contribution in [-0.4, -0.2) is 44.8 Å². The lowest BCUT2D eigenvalue weighted by Crippen LogP contribution is -2.32. The predicted octanol–water partition coefficient (Wildman–Crippen LogP) is 1.14. The zero-order valence-electron chi connectivity index (χ0n) is 14.1. The molecule has 1 fully saturated rings. The Kier molecular flexibility index (Phi) is 4.09. The highest BCUT2D eigenvalue weighted by Gasteiger charge is 2.32. The van der Waals surface area contributed by atoms with Gasteiger partial charge in [0, 0.05) is 13.1 Å². The minimum Gasteiger partial charge on any atom is -0.369 e. The number of amides is 2. The van der Waals surface area contributed by atoms with Gasteiger partial charge < -0.3 is 10.6 Å². The SMILES string of the molecule is Cc1ccc(-n2nc(C)c(C(=O)N3CC[C@H](C(N)=O)C3)n2)c(C)c1. The van der Waals surface area contributed by atoms with Crippen LogP contribution in [0.2, 0.25) is 0 Å². The molecule has 0 radical (unpaired) electrons. The average Bonchev–Trinajstić information content (AvgIpc) is 3.13. The molecule has 2 N–H and O–H groups in total. The van der Waals surface area contributed by atoms with Crippen LogP contribution in [0.5, 0.6) is 0 Å². The second-order valence-corrected chi connectivity index (χ2v) is 6.35. The highest BCUT2D eigenvalue weighted by atomic mass is 16.2. The molecule has 0 bridgehead atoms. The molecule has 2 amide bonds. The van der Waals surface area contributed by atoms with Crippen LogP contribution in [0.15, 0.2) is 18.2 Å². The summed E-state index contributed by atoms with van der Waals surface area (Å²) in [5.41, 5.74) is 9.27. The Bertz CT molecular complexity index is 811. The number of nitrogens with two attached hydrogens (primary N) is 1. The molecule has 3 rings (SSSR count). The summed E-state index contributed by atoms with van der Waals surface area (Å²) in [4.78, 5) is 27.1. The first-order chi connectivity index (χ1) is 11.4. The first kappa shape index (κ1) is 16.2. The van der Waals surface area contributed by atoms with Gasteiger partial charge in [-0.3, -0.25) is 9.59 Å². The number of likely N-dealkylation sites (tertiary alicyclic amines) is 1. The van der Waals surface area contributed by atoms with Gasteiger partial charge in [0.25, 0.3) is 5.91 Å². The molecule has 24 heavy (non-hydrogen) atoms. The highest BCUT2D eigenvalue weighted by molar-refractivity contribution is 5.94. The molecule has 1 aromatic heterocycles. The van der Waals surface area contributed by atoms with Crippen molar-refractivity contribution in [1.82, 2.24) is 19.9 Å². The number of hydrogen-bond donors (Lipinski definition) is 1. The quantitative estimate of drug-likeness (QED) is 0.914. The molecular weight excluding hydrogens is 306 g/mol. The molecule has 1 aliphatic heterocycles. The van der Waals surface area contributed by atoms with E-state index in [4.69, 9.17) is 5.73 Å². The van der Waals surface area contributed by atoms with Crippen molar-refractivity contribution in [3.63, 3.8) is 0 Å². The lowest BCUT2D eigenvalue weighted by Gasteiger charge is -2.14. The van der Waals surface area contributed by atoms with Crippen molar-refractivity contribution in [2.45, 2.75) is 27.2 Å². The number of aromatic nitrogens is 3. The van der Waals surface area contributed by atoms with Crippen molar-refractivity contribution >= 4 is 11.8 Å². The summed E-state index contributed by atoms with van der Waals surface area (Å²) in [6.45, 7) is 6.64. The van der Waals surface area contributed by atoms with Gasteiger partial charge in [0.2, 0.25) is 5.91 Å². The number of aryl methyl sites for hydroxylation is 3. The van der Waals surface area contributed by atoms with E-state index >= 15 is 0 Å². The molecule has 7 heteroatoms. The van der Waals surface area contributed by atoms with Crippen LogP contribution in [0.25, 0.3) is 5.69 Å². The van der Waals surface area contributed by atoms with Crippen molar-refractivity contribution in [2.75, 3.05) is 13.1 Å². The Morgan fingerprint density at radius 3 is 2.58 bits per heavy atom. The minimum absolute atomic E-state index is 0.202. The Balaban J connectivity index is 1.87. The van der Waals surface area contributed by atoms with Gasteiger partial charge in [-0.05, 0) is 38.8 Å². The van der Waals surface area contributed by atoms with Crippen molar-refractivity contribution in [3.8, 4) is 5.69 Å². The van der Waals surface area contributed by atoms with Crippen molar-refractivity contribution < 1.29 is 9.59 Å². The molecule has 1 aromatic carbocycles. The van der Waals surface area contributed by atoms with E-state index in [2.05, 4.69) is 10.2 Å². The Labute approximate surface area is 140 Å². The molecular formula is C17H21N5O2. The lowest BCUT2D eigenvalue weighted by molar-refractivity contribution is -0.121. The molecule has 1 aliphatic rings. The third-order valence-corrected chi connectivity index (χ3v) is 4.43. The molecule has 0 unspecified atom stereocenters. The van der Waals surface area contributed by atoms with Gasteiger partial charge in [0.1, 0.15) is 0 Å². The van der Waals surface area contributed by atoms with E-state index in [1.54, 1.807) is 11.8 Å². The van der Waals surface area contributed by atoms with E-state index in [1.165, 1.54) is 4.80 Å². The number of primary amides is 1. The number of rotatable bonds is 3. The van der Waals surface area contributed by atoms with E-state index in [9.17, 15) is 9.59 Å². The normalized spacial score (nSPS) is 17.3. The summed E-state index contributed by atoms with van der Waals surface area (Å²) in [5.74, 6) is -0.836. The maximum atomic E-state index is 12.7. The average molecular weight is 327 g/mol. The highest BCUT2D eigenvalue weighted by Crippen LogP contribution is 2.20. The largest absolute Gasteiger partial charge is 0.369 e. The van der Waals surface area contributed by atoms with Crippen LogP contribution in [0.4, 0.5) is 0 Å². The zero-order chi connectivity index (χ0) is 17.4. The fraction of sp³-hybridized carbons (Fsp3) is 0.412. The van der Waals surface area contributed by atoms with Gasteiger partial charge in [0.15, 0.2) is 5.69 Å². The van der Waals surface area contributed by atoms with Gasteiger partial charge in [0.05, 0.1) is 17.3 Å². The monoisotopic (exact) mass is 327 g/mol. The maximum absolute atomic E-state index is 12.7. The molecule has 0 aliphatic carbocycles. The number of carbonyl (C=O) groups excluding carboxylic acids is 2. The van der Waals surface area contributed by atoms with E-state index in [1.807, 2.05) is 32.0 Å². The molecule has 2 aromatic rings. The third kappa shape index (κ3) is 2.89. The number of hydrogen-bond acceptors (Lipinski definition) is 4. The Morgan fingerprint density at radius 1 is 1.21 bits per heavy atom. The van der Waals surface area contributed by atoms with Crippen LogP contribution in [0.3, 0.4) is 0 Å². The molecule has 0 spiro atoms. The number of nitrogens with zero attached hydrogens (tertiary/aromatic N) is 4. The minimum atomic E-state index is -0.360. The maximum Gasteiger partial charge on any atom is 0.276 e. The zero-order valence-corrected chi connectivity index (χ0v) is 14.1. The topological polar surface area (TPSA) is 94.1 Å². The molecule has 7 nitrogen and oxygen atoms in total. The fourth-order valence-electron chi connectivity index (χ4n) is 3.04. The van der Waals surface area contributed by atoms with Crippen molar-refractivity contribution in [1.29, 1.82) is 0 Å². The summed E-state index contributed by atoms with van der Waals surface area (Å²) >= 11 is 0. The van der Waals surface area contributed by atoms with Crippen molar-refractivity contribution in [2.24, 2.45) is 11.7 Å². The van der Waals surface area contributed by atoms with Crippen LogP contribution in [0.1, 0.15) is 33.7 Å². The number of benzene rings is 1. The van der Waals surface area contributed by atoms with Crippen LogP contribution in [0, 0.1) is 26.7 Å².